The molecule has 3 atom stereocenters. The molecule has 0 aromatic carbocycles. The lowest BCUT2D eigenvalue weighted by Gasteiger charge is -2.22. The molecule has 19 heavy (non-hydrogen) atoms. The molecule has 5 heteroatoms. The minimum Gasteiger partial charge on any atom is -0.378 e. The molecule has 0 aliphatic carbocycles. The highest BCUT2D eigenvalue weighted by Gasteiger charge is 2.34. The lowest BCUT2D eigenvalue weighted by atomic mass is 9.93. The Morgan fingerprint density at radius 3 is 2.84 bits per heavy atom. The Bertz CT molecular complexity index is 357. The summed E-state index contributed by atoms with van der Waals surface area (Å²) in [5, 5.41) is 2.99. The summed E-state index contributed by atoms with van der Waals surface area (Å²) in [6, 6.07) is 0. The SMILES string of the molecule is CC(C)[C@H]1OCC[C@@H]1CNC(=O)C1CC(=O)N(C)C1. The fraction of sp³-hybridized carbons (Fsp3) is 0.857. The molecule has 2 amide bonds. The fourth-order valence-corrected chi connectivity index (χ4v) is 3.03. The standard InChI is InChI=1S/C14H24N2O3/c1-9(2)13-10(4-5-19-13)7-15-14(18)11-6-12(17)16(3)8-11/h9-11,13H,4-8H2,1-3H3,(H,15,18)/t10-,11?,13-/m1/s1. The zero-order valence-corrected chi connectivity index (χ0v) is 12.0. The number of carbonyl (C=O) groups excluding carboxylic acids is 2. The number of carbonyl (C=O) groups is 2. The predicted molar refractivity (Wildman–Crippen MR) is 71.4 cm³/mol. The van der Waals surface area contributed by atoms with Gasteiger partial charge >= 0.3 is 0 Å². The molecule has 0 spiro atoms. The van der Waals surface area contributed by atoms with Crippen LogP contribution in [0.2, 0.25) is 0 Å². The largest absolute Gasteiger partial charge is 0.378 e. The zero-order chi connectivity index (χ0) is 14.0. The van der Waals surface area contributed by atoms with Crippen molar-refractivity contribution in [1.82, 2.24) is 10.2 Å². The van der Waals surface area contributed by atoms with Crippen molar-refractivity contribution in [2.24, 2.45) is 17.8 Å². The van der Waals surface area contributed by atoms with Crippen molar-refractivity contribution in [2.75, 3.05) is 26.7 Å². The van der Waals surface area contributed by atoms with E-state index in [1.54, 1.807) is 11.9 Å². The van der Waals surface area contributed by atoms with E-state index in [9.17, 15) is 9.59 Å². The second-order valence-corrected chi connectivity index (χ2v) is 6.05. The minimum absolute atomic E-state index is 0.00658. The van der Waals surface area contributed by atoms with Gasteiger partial charge in [-0.3, -0.25) is 9.59 Å². The summed E-state index contributed by atoms with van der Waals surface area (Å²) in [6.07, 6.45) is 1.59. The summed E-state index contributed by atoms with van der Waals surface area (Å²) in [7, 11) is 1.75. The summed E-state index contributed by atoms with van der Waals surface area (Å²) in [5.41, 5.74) is 0. The molecule has 2 rings (SSSR count). The van der Waals surface area contributed by atoms with Crippen molar-refractivity contribution >= 4 is 11.8 Å². The van der Waals surface area contributed by atoms with Gasteiger partial charge in [-0.05, 0) is 12.3 Å². The van der Waals surface area contributed by atoms with Gasteiger partial charge in [0, 0.05) is 39.1 Å². The van der Waals surface area contributed by atoms with Gasteiger partial charge in [0.15, 0.2) is 0 Å². The van der Waals surface area contributed by atoms with Crippen molar-refractivity contribution in [3.63, 3.8) is 0 Å². The van der Waals surface area contributed by atoms with Crippen LogP contribution >= 0.6 is 0 Å². The number of ether oxygens (including phenoxy) is 1. The topological polar surface area (TPSA) is 58.6 Å². The van der Waals surface area contributed by atoms with E-state index in [-0.39, 0.29) is 23.8 Å². The zero-order valence-electron chi connectivity index (χ0n) is 12.0. The highest BCUT2D eigenvalue weighted by atomic mass is 16.5. The van der Waals surface area contributed by atoms with Crippen molar-refractivity contribution < 1.29 is 14.3 Å². The molecular weight excluding hydrogens is 244 g/mol. The van der Waals surface area contributed by atoms with Crippen molar-refractivity contribution in [3.8, 4) is 0 Å². The van der Waals surface area contributed by atoms with Gasteiger partial charge in [-0.2, -0.15) is 0 Å². The second kappa shape index (κ2) is 5.90. The third-order valence-electron chi connectivity index (χ3n) is 4.17. The summed E-state index contributed by atoms with van der Waals surface area (Å²) in [5.74, 6) is 0.760. The lowest BCUT2D eigenvalue weighted by Crippen LogP contribution is -2.38. The van der Waals surface area contributed by atoms with Crippen molar-refractivity contribution in [1.29, 1.82) is 0 Å². The first kappa shape index (κ1) is 14.3. The minimum atomic E-state index is -0.183. The summed E-state index contributed by atoms with van der Waals surface area (Å²) >= 11 is 0. The van der Waals surface area contributed by atoms with E-state index in [1.807, 2.05) is 0 Å². The summed E-state index contributed by atoms with van der Waals surface area (Å²) in [4.78, 5) is 25.1. The van der Waals surface area contributed by atoms with Gasteiger partial charge in [0.2, 0.25) is 11.8 Å². The Balaban J connectivity index is 1.79. The molecular formula is C14H24N2O3. The first-order chi connectivity index (χ1) is 8.99. The molecule has 0 aromatic rings. The summed E-state index contributed by atoms with van der Waals surface area (Å²) in [6.45, 7) is 6.29. The van der Waals surface area contributed by atoms with Crippen LogP contribution < -0.4 is 5.32 Å². The molecule has 2 fully saturated rings. The number of hydrogen-bond acceptors (Lipinski definition) is 3. The van der Waals surface area contributed by atoms with Gasteiger partial charge in [-0.1, -0.05) is 13.8 Å². The highest BCUT2D eigenvalue weighted by Crippen LogP contribution is 2.26. The molecule has 5 nitrogen and oxygen atoms in total. The first-order valence-corrected chi connectivity index (χ1v) is 7.12. The van der Waals surface area contributed by atoms with Gasteiger partial charge in [0.25, 0.3) is 0 Å². The average molecular weight is 268 g/mol. The quantitative estimate of drug-likeness (QED) is 0.814. The highest BCUT2D eigenvalue weighted by molar-refractivity contribution is 5.89. The maximum Gasteiger partial charge on any atom is 0.225 e. The van der Waals surface area contributed by atoms with E-state index in [4.69, 9.17) is 4.74 Å². The Labute approximate surface area is 114 Å². The van der Waals surface area contributed by atoms with E-state index in [2.05, 4.69) is 19.2 Å². The molecule has 108 valence electrons. The third kappa shape index (κ3) is 3.26. The number of amides is 2. The van der Waals surface area contributed by atoms with Crippen LogP contribution in [0, 0.1) is 17.8 Å². The normalized spacial score (nSPS) is 31.3. The smallest absolute Gasteiger partial charge is 0.225 e. The molecule has 0 bridgehead atoms. The lowest BCUT2D eigenvalue weighted by molar-refractivity contribution is -0.128. The predicted octanol–water partition coefficient (Wildman–Crippen LogP) is 0.642. The third-order valence-corrected chi connectivity index (χ3v) is 4.17. The molecule has 1 N–H and O–H groups in total. The molecule has 1 unspecified atom stereocenters. The van der Waals surface area contributed by atoms with Crippen LogP contribution in [0.4, 0.5) is 0 Å². The van der Waals surface area contributed by atoms with E-state index in [0.717, 1.165) is 13.0 Å². The van der Waals surface area contributed by atoms with Crippen LogP contribution in [-0.2, 0) is 14.3 Å². The maximum absolute atomic E-state index is 12.0. The van der Waals surface area contributed by atoms with Crippen molar-refractivity contribution in [2.45, 2.75) is 32.8 Å². The molecule has 2 heterocycles. The Kier molecular flexibility index (Phi) is 4.45. The molecule has 2 saturated heterocycles. The number of likely N-dealkylation sites (tertiary alicyclic amines) is 1. The van der Waals surface area contributed by atoms with Gasteiger partial charge in [-0.25, -0.2) is 0 Å². The molecule has 0 radical (unpaired) electrons. The average Bonchev–Trinajstić information content (AvgIpc) is 2.94. The summed E-state index contributed by atoms with van der Waals surface area (Å²) < 4.78 is 5.71. The Hall–Kier alpha value is -1.10. The number of rotatable bonds is 4. The number of nitrogens with zero attached hydrogens (tertiary/aromatic N) is 1. The van der Waals surface area contributed by atoms with E-state index in [0.29, 0.717) is 31.3 Å². The Morgan fingerprint density at radius 2 is 2.26 bits per heavy atom. The molecule has 0 aromatic heterocycles. The number of hydrogen-bond donors (Lipinski definition) is 1. The van der Waals surface area contributed by atoms with Gasteiger partial charge in [0.1, 0.15) is 0 Å². The monoisotopic (exact) mass is 268 g/mol. The Morgan fingerprint density at radius 1 is 1.53 bits per heavy atom. The van der Waals surface area contributed by atoms with Crippen LogP contribution in [0.15, 0.2) is 0 Å². The second-order valence-electron chi connectivity index (χ2n) is 6.05. The number of nitrogens with one attached hydrogen (secondary N) is 1. The van der Waals surface area contributed by atoms with E-state index < -0.39 is 0 Å². The van der Waals surface area contributed by atoms with Crippen LogP contribution in [0.25, 0.3) is 0 Å². The fourth-order valence-electron chi connectivity index (χ4n) is 3.03. The maximum atomic E-state index is 12.0. The van der Waals surface area contributed by atoms with Crippen molar-refractivity contribution in [3.05, 3.63) is 0 Å². The van der Waals surface area contributed by atoms with E-state index >= 15 is 0 Å². The molecule has 0 saturated carbocycles. The van der Waals surface area contributed by atoms with Gasteiger partial charge in [-0.15, -0.1) is 0 Å². The van der Waals surface area contributed by atoms with E-state index in [1.165, 1.54) is 0 Å². The molecule has 2 aliphatic rings. The van der Waals surface area contributed by atoms with Gasteiger partial charge < -0.3 is 15.0 Å². The van der Waals surface area contributed by atoms with Crippen LogP contribution in [0.3, 0.4) is 0 Å². The van der Waals surface area contributed by atoms with Crippen LogP contribution in [0.5, 0.6) is 0 Å². The molecule has 2 aliphatic heterocycles. The van der Waals surface area contributed by atoms with Crippen LogP contribution in [-0.4, -0.2) is 49.6 Å². The van der Waals surface area contributed by atoms with Crippen LogP contribution in [0.1, 0.15) is 26.7 Å². The first-order valence-electron chi connectivity index (χ1n) is 7.12. The van der Waals surface area contributed by atoms with Gasteiger partial charge in [0.05, 0.1) is 12.0 Å².